The highest BCUT2D eigenvalue weighted by Gasteiger charge is 2.28. The number of likely N-dealkylation sites (tertiary alicyclic amines) is 1. The number of nitrogens with zero attached hydrogens (tertiary/aromatic N) is 4. The molecule has 26 heavy (non-hydrogen) atoms. The zero-order valence-electron chi connectivity index (χ0n) is 14.6. The molecule has 0 aliphatic carbocycles. The summed E-state index contributed by atoms with van der Waals surface area (Å²) in [6, 6.07) is 13.4. The van der Waals surface area contributed by atoms with Gasteiger partial charge in [-0.2, -0.15) is 0 Å². The minimum Gasteiger partial charge on any atom is -0.421 e. The van der Waals surface area contributed by atoms with Gasteiger partial charge in [-0.1, -0.05) is 18.2 Å². The minimum atomic E-state index is 0.0375. The second kappa shape index (κ2) is 7.07. The third kappa shape index (κ3) is 3.49. The molecule has 3 aromatic rings. The van der Waals surface area contributed by atoms with E-state index in [0.717, 1.165) is 24.2 Å². The lowest BCUT2D eigenvalue weighted by atomic mass is 10.1. The molecule has 0 spiro atoms. The summed E-state index contributed by atoms with van der Waals surface area (Å²) in [5.41, 5.74) is 2.47. The average molecular weight is 348 g/mol. The van der Waals surface area contributed by atoms with Gasteiger partial charge < -0.3 is 9.32 Å². The van der Waals surface area contributed by atoms with E-state index in [0.29, 0.717) is 36.2 Å². The van der Waals surface area contributed by atoms with Crippen molar-refractivity contribution < 1.29 is 9.21 Å². The van der Waals surface area contributed by atoms with Gasteiger partial charge in [0.1, 0.15) is 0 Å². The summed E-state index contributed by atoms with van der Waals surface area (Å²) in [7, 11) is 0. The van der Waals surface area contributed by atoms with E-state index in [1.165, 1.54) is 0 Å². The van der Waals surface area contributed by atoms with E-state index in [2.05, 4.69) is 15.2 Å². The first-order chi connectivity index (χ1) is 12.7. The van der Waals surface area contributed by atoms with E-state index in [1.807, 2.05) is 54.3 Å². The van der Waals surface area contributed by atoms with Gasteiger partial charge in [0.15, 0.2) is 0 Å². The number of carbonyl (C=O) groups excluding carboxylic acids is 1. The number of hydrogen-bond acceptors (Lipinski definition) is 5. The molecular weight excluding hydrogens is 328 g/mol. The van der Waals surface area contributed by atoms with Crippen molar-refractivity contribution in [3.8, 4) is 11.5 Å². The van der Waals surface area contributed by atoms with Crippen molar-refractivity contribution in [1.29, 1.82) is 0 Å². The fraction of sp³-hybridized carbons (Fsp3) is 0.300. The van der Waals surface area contributed by atoms with Crippen molar-refractivity contribution >= 4 is 5.91 Å². The van der Waals surface area contributed by atoms with E-state index in [9.17, 15) is 4.79 Å². The number of benzene rings is 1. The van der Waals surface area contributed by atoms with Crippen LogP contribution in [0.5, 0.6) is 0 Å². The van der Waals surface area contributed by atoms with E-state index in [1.54, 1.807) is 6.20 Å². The number of aromatic nitrogens is 3. The summed E-state index contributed by atoms with van der Waals surface area (Å²) < 4.78 is 5.79. The fourth-order valence-electron chi connectivity index (χ4n) is 3.24. The zero-order valence-corrected chi connectivity index (χ0v) is 14.6. The van der Waals surface area contributed by atoms with Crippen LogP contribution in [0.1, 0.15) is 28.4 Å². The summed E-state index contributed by atoms with van der Waals surface area (Å²) in [4.78, 5) is 18.7. The SMILES string of the molecule is Cc1ccc(C(=O)N2CCC(Cc3nnc(-c4ccccc4)o3)C2)cn1. The Bertz CT molecular complexity index is 890. The highest BCUT2D eigenvalue weighted by molar-refractivity contribution is 5.94. The molecule has 1 aliphatic heterocycles. The maximum Gasteiger partial charge on any atom is 0.255 e. The lowest BCUT2D eigenvalue weighted by molar-refractivity contribution is 0.0786. The average Bonchev–Trinajstić information content (AvgIpc) is 3.33. The zero-order chi connectivity index (χ0) is 17.9. The molecule has 0 radical (unpaired) electrons. The largest absolute Gasteiger partial charge is 0.421 e. The first-order valence-corrected chi connectivity index (χ1v) is 8.79. The topological polar surface area (TPSA) is 72.1 Å². The van der Waals surface area contributed by atoms with Gasteiger partial charge in [0.2, 0.25) is 11.8 Å². The van der Waals surface area contributed by atoms with Crippen LogP contribution in [-0.4, -0.2) is 39.1 Å². The van der Waals surface area contributed by atoms with Crippen molar-refractivity contribution in [2.75, 3.05) is 13.1 Å². The summed E-state index contributed by atoms with van der Waals surface area (Å²) in [6.07, 6.45) is 3.28. The molecule has 1 aliphatic rings. The molecule has 0 saturated carbocycles. The molecule has 6 nitrogen and oxygen atoms in total. The molecule has 1 atom stereocenters. The Balaban J connectivity index is 1.38. The molecule has 3 heterocycles. The predicted octanol–water partition coefficient (Wildman–Crippen LogP) is 3.14. The van der Waals surface area contributed by atoms with E-state index in [4.69, 9.17) is 4.42 Å². The van der Waals surface area contributed by atoms with Crippen LogP contribution in [0.15, 0.2) is 53.1 Å². The molecule has 1 saturated heterocycles. The third-order valence-corrected chi connectivity index (χ3v) is 4.68. The third-order valence-electron chi connectivity index (χ3n) is 4.68. The molecule has 0 N–H and O–H groups in total. The maximum atomic E-state index is 12.6. The first kappa shape index (κ1) is 16.4. The van der Waals surface area contributed by atoms with Gasteiger partial charge in [-0.3, -0.25) is 9.78 Å². The van der Waals surface area contributed by atoms with Gasteiger partial charge in [0.05, 0.1) is 5.56 Å². The van der Waals surface area contributed by atoms with Crippen LogP contribution < -0.4 is 0 Å². The van der Waals surface area contributed by atoms with Gasteiger partial charge in [0.25, 0.3) is 5.91 Å². The van der Waals surface area contributed by atoms with Crippen LogP contribution in [0.25, 0.3) is 11.5 Å². The number of amides is 1. The number of rotatable bonds is 4. The van der Waals surface area contributed by atoms with Crippen LogP contribution in [-0.2, 0) is 6.42 Å². The normalized spacial score (nSPS) is 16.8. The molecule has 1 amide bonds. The van der Waals surface area contributed by atoms with Crippen molar-refractivity contribution in [3.05, 3.63) is 65.8 Å². The molecule has 1 fully saturated rings. The number of pyridine rings is 1. The van der Waals surface area contributed by atoms with Gasteiger partial charge in [0, 0.05) is 37.0 Å². The summed E-state index contributed by atoms with van der Waals surface area (Å²) in [5.74, 6) is 1.54. The lowest BCUT2D eigenvalue weighted by Gasteiger charge is -2.16. The predicted molar refractivity (Wildman–Crippen MR) is 96.4 cm³/mol. The first-order valence-electron chi connectivity index (χ1n) is 8.79. The van der Waals surface area contributed by atoms with Crippen molar-refractivity contribution in [2.24, 2.45) is 5.92 Å². The molecule has 1 unspecified atom stereocenters. The summed E-state index contributed by atoms with van der Waals surface area (Å²) in [6.45, 7) is 3.36. The molecule has 132 valence electrons. The van der Waals surface area contributed by atoms with E-state index < -0.39 is 0 Å². The molecule has 1 aromatic carbocycles. The van der Waals surface area contributed by atoms with Gasteiger partial charge in [-0.05, 0) is 43.5 Å². The quantitative estimate of drug-likeness (QED) is 0.724. The van der Waals surface area contributed by atoms with Crippen molar-refractivity contribution in [1.82, 2.24) is 20.1 Å². The monoisotopic (exact) mass is 348 g/mol. The number of hydrogen-bond donors (Lipinski definition) is 0. The van der Waals surface area contributed by atoms with Gasteiger partial charge >= 0.3 is 0 Å². The van der Waals surface area contributed by atoms with Crippen LogP contribution in [0, 0.1) is 12.8 Å². The fourth-order valence-corrected chi connectivity index (χ4v) is 3.24. The molecule has 0 bridgehead atoms. The highest BCUT2D eigenvalue weighted by atomic mass is 16.4. The Morgan fingerprint density at radius 3 is 2.81 bits per heavy atom. The lowest BCUT2D eigenvalue weighted by Crippen LogP contribution is -2.29. The van der Waals surface area contributed by atoms with E-state index >= 15 is 0 Å². The Kier molecular flexibility index (Phi) is 4.48. The molecule has 6 heteroatoms. The Labute approximate surface area is 151 Å². The second-order valence-electron chi connectivity index (χ2n) is 6.67. The number of carbonyl (C=O) groups is 1. The van der Waals surface area contributed by atoms with Gasteiger partial charge in [-0.25, -0.2) is 0 Å². The summed E-state index contributed by atoms with van der Waals surface area (Å²) >= 11 is 0. The summed E-state index contributed by atoms with van der Waals surface area (Å²) in [5, 5.41) is 8.30. The van der Waals surface area contributed by atoms with E-state index in [-0.39, 0.29) is 5.91 Å². The number of aryl methyl sites for hydroxylation is 1. The van der Waals surface area contributed by atoms with Crippen LogP contribution >= 0.6 is 0 Å². The smallest absolute Gasteiger partial charge is 0.255 e. The van der Waals surface area contributed by atoms with Crippen LogP contribution in [0.2, 0.25) is 0 Å². The Morgan fingerprint density at radius 1 is 1.19 bits per heavy atom. The molecule has 2 aromatic heterocycles. The molecule has 4 rings (SSSR count). The second-order valence-corrected chi connectivity index (χ2v) is 6.67. The van der Waals surface area contributed by atoms with Crippen molar-refractivity contribution in [3.63, 3.8) is 0 Å². The van der Waals surface area contributed by atoms with Gasteiger partial charge in [-0.15, -0.1) is 10.2 Å². The Hall–Kier alpha value is -3.02. The highest BCUT2D eigenvalue weighted by Crippen LogP contribution is 2.24. The van der Waals surface area contributed by atoms with Crippen LogP contribution in [0.3, 0.4) is 0 Å². The minimum absolute atomic E-state index is 0.0375. The maximum absolute atomic E-state index is 12.6. The van der Waals surface area contributed by atoms with Crippen molar-refractivity contribution in [2.45, 2.75) is 19.8 Å². The van der Waals surface area contributed by atoms with Crippen LogP contribution in [0.4, 0.5) is 0 Å². The molecular formula is C20H20N4O2. The Morgan fingerprint density at radius 2 is 2.04 bits per heavy atom. The standard InChI is InChI=1S/C20H20N4O2/c1-14-7-8-17(12-21-14)20(25)24-10-9-15(13-24)11-18-22-23-19(26-18)16-5-3-2-4-6-16/h2-8,12,15H,9-11,13H2,1H3.